The molecule has 2 fully saturated rings. The maximum atomic E-state index is 5.45. The topological polar surface area (TPSA) is 53.5 Å². The minimum Gasteiger partial charge on any atom is -0.381 e. The molecule has 2 saturated heterocycles. The lowest BCUT2D eigenvalue weighted by atomic mass is 10.0. The molecule has 3 rings (SSSR count). The zero-order valence-corrected chi connectivity index (χ0v) is 15.3. The molecule has 0 saturated carbocycles. The highest BCUT2D eigenvalue weighted by molar-refractivity contribution is 5.46. The van der Waals surface area contributed by atoms with E-state index in [2.05, 4.69) is 28.2 Å². The molecule has 2 aliphatic rings. The molecule has 0 spiro atoms. The Morgan fingerprint density at radius 3 is 2.42 bits per heavy atom. The number of nitrogens with zero attached hydrogens (tertiary/aromatic N) is 4. The summed E-state index contributed by atoms with van der Waals surface area (Å²) in [4.78, 5) is 13.8. The Balaban J connectivity index is 1.58. The van der Waals surface area contributed by atoms with E-state index in [1.165, 1.54) is 12.8 Å². The van der Waals surface area contributed by atoms with E-state index in [1.54, 1.807) is 0 Å². The first-order chi connectivity index (χ1) is 11.7. The Bertz CT molecular complexity index is 522. The molecule has 6 heteroatoms. The third-order valence-corrected chi connectivity index (χ3v) is 5.03. The minimum atomic E-state index is 0.630. The van der Waals surface area contributed by atoms with Gasteiger partial charge in [0.2, 0.25) is 5.95 Å². The third kappa shape index (κ3) is 4.36. The number of hydrogen-bond donors (Lipinski definition) is 1. The maximum Gasteiger partial charge on any atom is 0.227 e. The van der Waals surface area contributed by atoms with Gasteiger partial charge in [0.1, 0.15) is 5.82 Å². The van der Waals surface area contributed by atoms with Gasteiger partial charge >= 0.3 is 0 Å². The third-order valence-electron chi connectivity index (χ3n) is 5.03. The highest BCUT2D eigenvalue weighted by atomic mass is 16.5. The van der Waals surface area contributed by atoms with Gasteiger partial charge in [-0.1, -0.05) is 6.92 Å². The van der Waals surface area contributed by atoms with Crippen LogP contribution < -0.4 is 15.1 Å². The average molecular weight is 333 g/mol. The van der Waals surface area contributed by atoms with E-state index in [9.17, 15) is 0 Å². The maximum absolute atomic E-state index is 5.45. The van der Waals surface area contributed by atoms with Gasteiger partial charge in [0.05, 0.1) is 0 Å². The number of ether oxygens (including phenoxy) is 1. The smallest absolute Gasteiger partial charge is 0.227 e. The van der Waals surface area contributed by atoms with Crippen LogP contribution in [0, 0.1) is 0 Å². The molecule has 0 unspecified atom stereocenters. The van der Waals surface area contributed by atoms with Gasteiger partial charge in [0, 0.05) is 64.2 Å². The first-order valence-corrected chi connectivity index (χ1v) is 9.29. The molecule has 0 aromatic carbocycles. The summed E-state index contributed by atoms with van der Waals surface area (Å²) in [7, 11) is 4.01. The Kier molecular flexibility index (Phi) is 5.89. The van der Waals surface area contributed by atoms with E-state index in [0.717, 1.165) is 63.0 Å². The number of anilines is 2. The second kappa shape index (κ2) is 8.12. The van der Waals surface area contributed by atoms with Crippen LogP contribution in [0.1, 0.15) is 38.3 Å². The van der Waals surface area contributed by atoms with Crippen molar-refractivity contribution in [2.24, 2.45) is 0 Å². The predicted octanol–water partition coefficient (Wildman–Crippen LogP) is 1.84. The van der Waals surface area contributed by atoms with Crippen LogP contribution in [0.25, 0.3) is 0 Å². The molecule has 0 radical (unpaired) electrons. The zero-order valence-electron chi connectivity index (χ0n) is 15.3. The fraction of sp³-hybridized carbons (Fsp3) is 0.778. The van der Waals surface area contributed by atoms with Crippen molar-refractivity contribution in [3.63, 3.8) is 0 Å². The molecule has 134 valence electrons. The summed E-state index contributed by atoms with van der Waals surface area (Å²) < 4.78 is 5.45. The van der Waals surface area contributed by atoms with Gasteiger partial charge in [-0.3, -0.25) is 0 Å². The summed E-state index contributed by atoms with van der Waals surface area (Å²) in [6, 6.07) is 3.42. The molecule has 0 amide bonds. The van der Waals surface area contributed by atoms with Crippen molar-refractivity contribution in [2.45, 2.75) is 51.1 Å². The van der Waals surface area contributed by atoms with Gasteiger partial charge in [-0.15, -0.1) is 0 Å². The lowest BCUT2D eigenvalue weighted by molar-refractivity contribution is 0.0738. The van der Waals surface area contributed by atoms with Crippen LogP contribution in [-0.4, -0.2) is 62.5 Å². The van der Waals surface area contributed by atoms with E-state index < -0.39 is 0 Å². The van der Waals surface area contributed by atoms with Gasteiger partial charge < -0.3 is 19.9 Å². The van der Waals surface area contributed by atoms with Crippen molar-refractivity contribution in [2.75, 3.05) is 50.2 Å². The molecule has 1 aromatic heterocycles. The molecule has 0 bridgehead atoms. The summed E-state index contributed by atoms with van der Waals surface area (Å²) in [5.74, 6) is 1.89. The molecular formula is C18H31N5O. The second-order valence-corrected chi connectivity index (χ2v) is 7.08. The van der Waals surface area contributed by atoms with Crippen molar-refractivity contribution in [1.82, 2.24) is 15.3 Å². The molecule has 6 nitrogen and oxygen atoms in total. The summed E-state index contributed by atoms with van der Waals surface area (Å²) in [6.07, 6.45) is 5.61. The van der Waals surface area contributed by atoms with Gasteiger partial charge in [0.15, 0.2) is 0 Å². The number of nitrogens with one attached hydrogen (secondary N) is 1. The number of hydrogen-bond acceptors (Lipinski definition) is 6. The van der Waals surface area contributed by atoms with Gasteiger partial charge in [0.25, 0.3) is 0 Å². The molecule has 3 heterocycles. The van der Waals surface area contributed by atoms with E-state index in [4.69, 9.17) is 9.72 Å². The number of aryl methyl sites for hydroxylation is 1. The lowest BCUT2D eigenvalue weighted by Crippen LogP contribution is -2.48. The second-order valence-electron chi connectivity index (χ2n) is 7.08. The van der Waals surface area contributed by atoms with E-state index in [-0.39, 0.29) is 0 Å². The Hall–Kier alpha value is -1.40. The van der Waals surface area contributed by atoms with Crippen LogP contribution in [0.5, 0.6) is 0 Å². The van der Waals surface area contributed by atoms with Crippen molar-refractivity contribution >= 4 is 11.8 Å². The van der Waals surface area contributed by atoms with Crippen LogP contribution in [-0.2, 0) is 11.2 Å². The summed E-state index contributed by atoms with van der Waals surface area (Å²) in [6.45, 7) is 6.09. The largest absolute Gasteiger partial charge is 0.381 e. The average Bonchev–Trinajstić information content (AvgIpc) is 2.62. The highest BCUT2D eigenvalue weighted by Crippen LogP contribution is 2.22. The highest BCUT2D eigenvalue weighted by Gasteiger charge is 2.24. The standard InChI is InChI=1S/C18H31N5O/c1-4-14-13-17(21-18(20-14)22(2)3)23-9-5-15(6-10-23)19-16-7-11-24-12-8-16/h13,15-16,19H,4-12H2,1-3H3. The summed E-state index contributed by atoms with van der Waals surface area (Å²) in [5.41, 5.74) is 1.12. The van der Waals surface area contributed by atoms with Crippen LogP contribution in [0.3, 0.4) is 0 Å². The van der Waals surface area contributed by atoms with Crippen molar-refractivity contribution in [1.29, 1.82) is 0 Å². The van der Waals surface area contributed by atoms with Crippen molar-refractivity contribution in [3.8, 4) is 0 Å². The SMILES string of the molecule is CCc1cc(N2CCC(NC3CCOCC3)CC2)nc(N(C)C)n1. The first-order valence-electron chi connectivity index (χ1n) is 9.29. The molecule has 0 atom stereocenters. The van der Waals surface area contributed by atoms with Crippen LogP contribution >= 0.6 is 0 Å². The molecule has 2 aliphatic heterocycles. The number of rotatable bonds is 5. The molecule has 0 aliphatic carbocycles. The van der Waals surface area contributed by atoms with E-state index in [0.29, 0.717) is 12.1 Å². The summed E-state index contributed by atoms with van der Waals surface area (Å²) in [5, 5.41) is 3.83. The van der Waals surface area contributed by atoms with Gasteiger partial charge in [-0.2, -0.15) is 4.98 Å². The fourth-order valence-corrected chi connectivity index (χ4v) is 3.49. The molecule has 24 heavy (non-hydrogen) atoms. The normalized spacial score (nSPS) is 20.4. The minimum absolute atomic E-state index is 0.630. The Morgan fingerprint density at radius 2 is 1.79 bits per heavy atom. The summed E-state index contributed by atoms with van der Waals surface area (Å²) >= 11 is 0. The first kappa shape index (κ1) is 17.4. The van der Waals surface area contributed by atoms with E-state index >= 15 is 0 Å². The van der Waals surface area contributed by atoms with Gasteiger partial charge in [-0.25, -0.2) is 4.98 Å². The number of aromatic nitrogens is 2. The quantitative estimate of drug-likeness (QED) is 0.887. The lowest BCUT2D eigenvalue weighted by Gasteiger charge is -2.36. The Labute approximate surface area is 145 Å². The molecule has 1 N–H and O–H groups in total. The van der Waals surface area contributed by atoms with Crippen LogP contribution in [0.4, 0.5) is 11.8 Å². The van der Waals surface area contributed by atoms with E-state index in [1.807, 2.05) is 19.0 Å². The monoisotopic (exact) mass is 333 g/mol. The fourth-order valence-electron chi connectivity index (χ4n) is 3.49. The number of piperidine rings is 1. The van der Waals surface area contributed by atoms with Crippen LogP contribution in [0.15, 0.2) is 6.07 Å². The predicted molar refractivity (Wildman–Crippen MR) is 97.9 cm³/mol. The zero-order chi connectivity index (χ0) is 16.9. The Morgan fingerprint density at radius 1 is 1.12 bits per heavy atom. The molecular weight excluding hydrogens is 302 g/mol. The van der Waals surface area contributed by atoms with Crippen LogP contribution in [0.2, 0.25) is 0 Å². The van der Waals surface area contributed by atoms with Crippen molar-refractivity contribution < 1.29 is 4.74 Å². The molecule has 1 aromatic rings. The van der Waals surface area contributed by atoms with Crippen molar-refractivity contribution in [3.05, 3.63) is 11.8 Å². The van der Waals surface area contributed by atoms with Gasteiger partial charge in [-0.05, 0) is 32.1 Å².